The van der Waals surface area contributed by atoms with Gasteiger partial charge in [-0.25, -0.2) is 14.5 Å². The number of phenolic OH excluding ortho intramolecular Hbond substituents is 1. The van der Waals surface area contributed by atoms with E-state index in [2.05, 4.69) is 10.2 Å². The molecule has 0 aliphatic heterocycles. The first-order valence-corrected chi connectivity index (χ1v) is 4.10. The molecule has 5 nitrogen and oxygen atoms in total. The summed E-state index contributed by atoms with van der Waals surface area (Å²) < 4.78 is 1.38. The number of nitrogens with zero attached hydrogens (tertiary/aromatic N) is 2. The van der Waals surface area contributed by atoms with Gasteiger partial charge in [-0.1, -0.05) is 0 Å². The van der Waals surface area contributed by atoms with Gasteiger partial charge in [0.2, 0.25) is 0 Å². The quantitative estimate of drug-likeness (QED) is 0.692. The van der Waals surface area contributed by atoms with Crippen LogP contribution in [0, 0.1) is 6.92 Å². The fourth-order valence-electron chi connectivity index (χ4n) is 1.33. The number of hydrogen-bond donors (Lipinski definition) is 2. The smallest absolute Gasteiger partial charge is 0.347 e. The minimum absolute atomic E-state index is 0.183. The van der Waals surface area contributed by atoms with Crippen LogP contribution in [0.4, 0.5) is 0 Å². The van der Waals surface area contributed by atoms with Gasteiger partial charge in [-0.3, -0.25) is 0 Å². The summed E-state index contributed by atoms with van der Waals surface area (Å²) in [7, 11) is 0. The number of benzene rings is 1. The van der Waals surface area contributed by atoms with Crippen molar-refractivity contribution < 1.29 is 5.11 Å². The van der Waals surface area contributed by atoms with Gasteiger partial charge in [-0.15, -0.1) is 0 Å². The number of aromatic nitrogens is 3. The zero-order valence-electron chi connectivity index (χ0n) is 7.56. The molecule has 1 heterocycles. The number of aromatic amines is 1. The van der Waals surface area contributed by atoms with Crippen LogP contribution in [0.1, 0.15) is 5.56 Å². The largest absolute Gasteiger partial charge is 0.508 e. The Morgan fingerprint density at radius 2 is 2.29 bits per heavy atom. The number of H-pyrrole nitrogens is 1. The molecule has 5 heteroatoms. The van der Waals surface area contributed by atoms with E-state index in [1.165, 1.54) is 17.0 Å². The molecule has 72 valence electrons. The van der Waals surface area contributed by atoms with Gasteiger partial charge >= 0.3 is 5.69 Å². The van der Waals surface area contributed by atoms with Gasteiger partial charge in [0.15, 0.2) is 0 Å². The van der Waals surface area contributed by atoms with Crippen molar-refractivity contribution in [3.05, 3.63) is 40.6 Å². The van der Waals surface area contributed by atoms with Crippen molar-refractivity contribution in [2.24, 2.45) is 0 Å². The Kier molecular flexibility index (Phi) is 1.85. The second-order valence-electron chi connectivity index (χ2n) is 3.00. The van der Waals surface area contributed by atoms with Crippen molar-refractivity contribution in [3.8, 4) is 11.4 Å². The molecular formula is C9H9N3O2. The predicted molar refractivity (Wildman–Crippen MR) is 50.6 cm³/mol. The Hall–Kier alpha value is -2.04. The maximum atomic E-state index is 11.2. The number of rotatable bonds is 1. The van der Waals surface area contributed by atoms with Crippen molar-refractivity contribution in [2.45, 2.75) is 6.92 Å². The molecule has 0 aliphatic rings. The van der Waals surface area contributed by atoms with Crippen molar-refractivity contribution in [2.75, 3.05) is 0 Å². The number of nitrogens with one attached hydrogen (secondary N) is 1. The van der Waals surface area contributed by atoms with E-state index in [4.69, 9.17) is 0 Å². The standard InChI is InChI=1S/C9H9N3O2/c1-6-4-7(13)2-3-8(6)12-5-10-11-9(12)14/h2-5,13H,1H3,(H,11,14). The average molecular weight is 191 g/mol. The fourth-order valence-corrected chi connectivity index (χ4v) is 1.33. The Bertz CT molecular complexity index is 513. The third-order valence-electron chi connectivity index (χ3n) is 1.99. The average Bonchev–Trinajstić information content (AvgIpc) is 2.52. The van der Waals surface area contributed by atoms with Gasteiger partial charge in [0.25, 0.3) is 0 Å². The Labute approximate surface area is 79.6 Å². The van der Waals surface area contributed by atoms with Crippen LogP contribution in [0.25, 0.3) is 5.69 Å². The SMILES string of the molecule is Cc1cc(O)ccc1-n1cn[nH]c1=O. The molecule has 1 aromatic heterocycles. The molecule has 2 N–H and O–H groups in total. The Balaban J connectivity index is 2.63. The van der Waals surface area contributed by atoms with Crippen LogP contribution in [0.3, 0.4) is 0 Å². The van der Waals surface area contributed by atoms with Crippen LogP contribution in [-0.4, -0.2) is 19.9 Å². The molecule has 0 saturated carbocycles. The number of aryl methyl sites for hydroxylation is 1. The van der Waals surface area contributed by atoms with Crippen LogP contribution in [0.2, 0.25) is 0 Å². The van der Waals surface area contributed by atoms with E-state index in [1.54, 1.807) is 12.1 Å². The molecule has 0 saturated heterocycles. The zero-order valence-corrected chi connectivity index (χ0v) is 7.56. The molecule has 0 unspecified atom stereocenters. The van der Waals surface area contributed by atoms with Gasteiger partial charge in [-0.05, 0) is 30.7 Å². The summed E-state index contributed by atoms with van der Waals surface area (Å²) in [5, 5.41) is 15.1. The van der Waals surface area contributed by atoms with Gasteiger partial charge < -0.3 is 5.11 Å². The molecule has 0 aliphatic carbocycles. The molecule has 1 aromatic carbocycles. The third kappa shape index (κ3) is 1.28. The van der Waals surface area contributed by atoms with Gasteiger partial charge in [0, 0.05) is 0 Å². The van der Waals surface area contributed by atoms with Crippen molar-refractivity contribution >= 4 is 0 Å². The fraction of sp³-hybridized carbons (Fsp3) is 0.111. The molecule has 0 fully saturated rings. The zero-order chi connectivity index (χ0) is 10.1. The molecule has 2 rings (SSSR count). The first-order chi connectivity index (χ1) is 6.68. The summed E-state index contributed by atoms with van der Waals surface area (Å²) in [4.78, 5) is 11.2. The summed E-state index contributed by atoms with van der Waals surface area (Å²) in [5.74, 6) is 0.183. The first-order valence-electron chi connectivity index (χ1n) is 4.10. The van der Waals surface area contributed by atoms with E-state index in [0.29, 0.717) is 5.69 Å². The monoisotopic (exact) mass is 191 g/mol. The lowest BCUT2D eigenvalue weighted by atomic mass is 10.2. The molecule has 2 aromatic rings. The topological polar surface area (TPSA) is 70.9 Å². The molecule has 0 atom stereocenters. The van der Waals surface area contributed by atoms with Crippen LogP contribution in [0.15, 0.2) is 29.3 Å². The summed E-state index contributed by atoms with van der Waals surface area (Å²) in [6.45, 7) is 1.81. The van der Waals surface area contributed by atoms with E-state index >= 15 is 0 Å². The second kappa shape index (κ2) is 3.02. The summed E-state index contributed by atoms with van der Waals surface area (Å²) in [6, 6.07) is 4.79. The highest BCUT2D eigenvalue weighted by atomic mass is 16.3. The highest BCUT2D eigenvalue weighted by Gasteiger charge is 2.04. The van der Waals surface area contributed by atoms with E-state index in [0.717, 1.165) is 5.56 Å². The molecule has 0 spiro atoms. The van der Waals surface area contributed by atoms with Crippen molar-refractivity contribution in [1.82, 2.24) is 14.8 Å². The van der Waals surface area contributed by atoms with E-state index < -0.39 is 0 Å². The van der Waals surface area contributed by atoms with E-state index in [9.17, 15) is 9.90 Å². The van der Waals surface area contributed by atoms with Crippen molar-refractivity contribution in [1.29, 1.82) is 0 Å². The lowest BCUT2D eigenvalue weighted by Crippen LogP contribution is -2.14. The second-order valence-corrected chi connectivity index (χ2v) is 3.00. The number of hydrogen-bond acceptors (Lipinski definition) is 3. The van der Waals surface area contributed by atoms with Crippen LogP contribution < -0.4 is 5.69 Å². The Morgan fingerprint density at radius 3 is 2.86 bits per heavy atom. The van der Waals surface area contributed by atoms with Crippen LogP contribution in [0.5, 0.6) is 5.75 Å². The molecule has 0 amide bonds. The molecule has 14 heavy (non-hydrogen) atoms. The maximum absolute atomic E-state index is 11.2. The lowest BCUT2D eigenvalue weighted by Gasteiger charge is -2.04. The normalized spacial score (nSPS) is 10.4. The minimum Gasteiger partial charge on any atom is -0.508 e. The van der Waals surface area contributed by atoms with Crippen LogP contribution >= 0.6 is 0 Å². The maximum Gasteiger partial charge on any atom is 0.347 e. The first kappa shape index (κ1) is 8.55. The third-order valence-corrected chi connectivity index (χ3v) is 1.99. The lowest BCUT2D eigenvalue weighted by molar-refractivity contribution is 0.474. The van der Waals surface area contributed by atoms with E-state index in [1.807, 2.05) is 6.92 Å². The highest BCUT2D eigenvalue weighted by molar-refractivity contribution is 5.44. The van der Waals surface area contributed by atoms with E-state index in [-0.39, 0.29) is 11.4 Å². The van der Waals surface area contributed by atoms with Crippen molar-refractivity contribution in [3.63, 3.8) is 0 Å². The molecule has 0 bridgehead atoms. The van der Waals surface area contributed by atoms with Gasteiger partial charge in [-0.2, -0.15) is 5.10 Å². The number of aromatic hydroxyl groups is 1. The molecule has 0 radical (unpaired) electrons. The summed E-state index contributed by atoms with van der Waals surface area (Å²) in [6.07, 6.45) is 1.40. The number of phenols is 1. The Morgan fingerprint density at radius 1 is 1.50 bits per heavy atom. The summed E-state index contributed by atoms with van der Waals surface area (Å²) >= 11 is 0. The molecular weight excluding hydrogens is 182 g/mol. The predicted octanol–water partition coefficient (Wildman–Crippen LogP) is 0.575. The van der Waals surface area contributed by atoms with Gasteiger partial charge in [0.05, 0.1) is 5.69 Å². The van der Waals surface area contributed by atoms with Gasteiger partial charge in [0.1, 0.15) is 12.1 Å². The van der Waals surface area contributed by atoms with Crippen LogP contribution in [-0.2, 0) is 0 Å². The minimum atomic E-state index is -0.293. The summed E-state index contributed by atoms with van der Waals surface area (Å²) in [5.41, 5.74) is 1.23. The highest BCUT2D eigenvalue weighted by Crippen LogP contribution is 2.17.